The molecule has 2 N–H and O–H groups in total. The van der Waals surface area contributed by atoms with Gasteiger partial charge in [-0.25, -0.2) is 9.59 Å². The highest BCUT2D eigenvalue weighted by molar-refractivity contribution is 5.95. The summed E-state index contributed by atoms with van der Waals surface area (Å²) in [5, 5.41) is 5.74. The number of rotatable bonds is 4. The third-order valence-electron chi connectivity index (χ3n) is 5.26. The Bertz CT molecular complexity index is 895. The zero-order valence-electron chi connectivity index (χ0n) is 16.4. The van der Waals surface area contributed by atoms with Crippen LogP contribution in [0.5, 0.6) is 5.75 Å². The van der Waals surface area contributed by atoms with Crippen molar-refractivity contribution in [3.63, 3.8) is 0 Å². The Hall–Kier alpha value is -3.42. The third-order valence-corrected chi connectivity index (χ3v) is 5.26. The maximum absolute atomic E-state index is 12.7. The molecule has 4 amide bonds. The lowest BCUT2D eigenvalue weighted by Crippen LogP contribution is -2.50. The van der Waals surface area contributed by atoms with Gasteiger partial charge in [-0.15, -0.1) is 0 Å². The van der Waals surface area contributed by atoms with E-state index in [2.05, 4.69) is 15.5 Å². The minimum atomic E-state index is -0.132. The van der Waals surface area contributed by atoms with E-state index in [1.807, 2.05) is 48.5 Å². The number of benzene rings is 2. The van der Waals surface area contributed by atoms with Crippen molar-refractivity contribution in [3.05, 3.63) is 48.5 Å². The van der Waals surface area contributed by atoms with Gasteiger partial charge < -0.3 is 25.2 Å². The Morgan fingerprint density at radius 3 is 2.55 bits per heavy atom. The second kappa shape index (κ2) is 8.30. The summed E-state index contributed by atoms with van der Waals surface area (Å²) in [6.07, 6.45) is 0. The zero-order chi connectivity index (χ0) is 20.2. The van der Waals surface area contributed by atoms with Crippen molar-refractivity contribution in [2.75, 3.05) is 61.5 Å². The van der Waals surface area contributed by atoms with Crippen molar-refractivity contribution in [1.29, 1.82) is 0 Å². The summed E-state index contributed by atoms with van der Waals surface area (Å²) in [6, 6.07) is 15.1. The van der Waals surface area contributed by atoms with Crippen LogP contribution in [-0.2, 0) is 0 Å². The van der Waals surface area contributed by atoms with Crippen molar-refractivity contribution in [3.8, 4) is 5.75 Å². The Morgan fingerprint density at radius 2 is 1.83 bits per heavy atom. The second-order valence-electron chi connectivity index (χ2n) is 7.01. The largest absolute Gasteiger partial charge is 0.495 e. The number of amides is 4. The van der Waals surface area contributed by atoms with Crippen LogP contribution in [0, 0.1) is 0 Å². The SMILES string of the molecule is COc1ccccc1N1CCN(C(=O)Nc2cccc(N3CCNC3=O)c2)CC1. The summed E-state index contributed by atoms with van der Waals surface area (Å²) in [6.45, 7) is 3.98. The van der Waals surface area contributed by atoms with E-state index in [1.165, 1.54) is 0 Å². The molecule has 8 heteroatoms. The van der Waals surface area contributed by atoms with Crippen LogP contribution >= 0.6 is 0 Å². The van der Waals surface area contributed by atoms with E-state index in [-0.39, 0.29) is 12.1 Å². The fourth-order valence-electron chi connectivity index (χ4n) is 3.71. The minimum Gasteiger partial charge on any atom is -0.495 e. The van der Waals surface area contributed by atoms with Crippen molar-refractivity contribution >= 4 is 29.1 Å². The number of hydrogen-bond acceptors (Lipinski definition) is 4. The molecule has 2 saturated heterocycles. The lowest BCUT2D eigenvalue weighted by Gasteiger charge is -2.36. The van der Waals surface area contributed by atoms with Gasteiger partial charge in [0.2, 0.25) is 0 Å². The normalized spacial score (nSPS) is 16.6. The molecule has 0 aromatic heterocycles. The van der Waals surface area contributed by atoms with Gasteiger partial charge in [-0.3, -0.25) is 4.90 Å². The molecule has 4 rings (SSSR count). The second-order valence-corrected chi connectivity index (χ2v) is 7.01. The number of para-hydroxylation sites is 2. The number of hydrogen-bond donors (Lipinski definition) is 2. The number of ether oxygens (including phenoxy) is 1. The summed E-state index contributed by atoms with van der Waals surface area (Å²) in [5.41, 5.74) is 2.50. The number of urea groups is 2. The third kappa shape index (κ3) is 4.06. The van der Waals surface area contributed by atoms with Gasteiger partial charge in [-0.2, -0.15) is 0 Å². The first-order chi connectivity index (χ1) is 14.2. The molecule has 8 nitrogen and oxygen atoms in total. The monoisotopic (exact) mass is 395 g/mol. The van der Waals surface area contributed by atoms with E-state index >= 15 is 0 Å². The number of methoxy groups -OCH3 is 1. The van der Waals surface area contributed by atoms with Crippen LogP contribution < -0.4 is 25.2 Å². The molecular weight excluding hydrogens is 370 g/mol. The maximum atomic E-state index is 12.7. The minimum absolute atomic E-state index is 0.110. The maximum Gasteiger partial charge on any atom is 0.321 e. The van der Waals surface area contributed by atoms with Gasteiger partial charge in [0.15, 0.2) is 0 Å². The molecule has 0 bridgehead atoms. The smallest absolute Gasteiger partial charge is 0.321 e. The fourth-order valence-corrected chi connectivity index (χ4v) is 3.71. The van der Waals surface area contributed by atoms with Crippen LogP contribution in [0.15, 0.2) is 48.5 Å². The zero-order valence-corrected chi connectivity index (χ0v) is 16.4. The summed E-state index contributed by atoms with van der Waals surface area (Å²) in [7, 11) is 1.67. The standard InChI is InChI=1S/C21H25N5O3/c1-29-19-8-3-2-7-18(19)24-11-13-25(14-12-24)21(28)23-16-5-4-6-17(15-16)26-10-9-22-20(26)27/h2-8,15H,9-14H2,1H3,(H,22,27)(H,23,28). The van der Waals surface area contributed by atoms with Crippen LogP contribution in [0.4, 0.5) is 26.7 Å². The number of nitrogens with zero attached hydrogens (tertiary/aromatic N) is 3. The number of carbonyl (C=O) groups is 2. The number of nitrogens with one attached hydrogen (secondary N) is 2. The predicted molar refractivity (Wildman–Crippen MR) is 113 cm³/mol. The molecule has 0 aliphatic carbocycles. The van der Waals surface area contributed by atoms with Gasteiger partial charge in [-0.05, 0) is 30.3 Å². The fraction of sp³-hybridized carbons (Fsp3) is 0.333. The van der Waals surface area contributed by atoms with E-state index in [4.69, 9.17) is 4.74 Å². The van der Waals surface area contributed by atoms with Crippen LogP contribution in [0.25, 0.3) is 0 Å². The quantitative estimate of drug-likeness (QED) is 0.834. The van der Waals surface area contributed by atoms with Crippen LogP contribution in [0.1, 0.15) is 0 Å². The molecule has 2 aromatic rings. The van der Waals surface area contributed by atoms with Crippen molar-refractivity contribution in [2.45, 2.75) is 0 Å². The topological polar surface area (TPSA) is 77.2 Å². The highest BCUT2D eigenvalue weighted by Crippen LogP contribution is 2.28. The average Bonchev–Trinajstić information content (AvgIpc) is 3.20. The molecule has 2 aliphatic heterocycles. The molecule has 0 atom stereocenters. The Labute approximate surface area is 170 Å². The van der Waals surface area contributed by atoms with Crippen molar-refractivity contribution < 1.29 is 14.3 Å². The number of piperazine rings is 1. The van der Waals surface area contributed by atoms with E-state index in [9.17, 15) is 9.59 Å². The average molecular weight is 395 g/mol. The van der Waals surface area contributed by atoms with Crippen LogP contribution in [0.2, 0.25) is 0 Å². The first kappa shape index (κ1) is 18.9. The molecule has 0 saturated carbocycles. The lowest BCUT2D eigenvalue weighted by atomic mass is 10.2. The molecule has 2 heterocycles. The van der Waals surface area contributed by atoms with Crippen molar-refractivity contribution in [2.24, 2.45) is 0 Å². The van der Waals surface area contributed by atoms with Gasteiger partial charge in [0.1, 0.15) is 5.75 Å². The van der Waals surface area contributed by atoms with E-state index in [0.29, 0.717) is 31.9 Å². The van der Waals surface area contributed by atoms with Crippen molar-refractivity contribution in [1.82, 2.24) is 10.2 Å². The summed E-state index contributed by atoms with van der Waals surface area (Å²) in [5.74, 6) is 0.841. The van der Waals surface area contributed by atoms with Crippen LogP contribution in [0.3, 0.4) is 0 Å². The summed E-state index contributed by atoms with van der Waals surface area (Å²) < 4.78 is 5.45. The summed E-state index contributed by atoms with van der Waals surface area (Å²) in [4.78, 5) is 30.3. The molecule has 0 spiro atoms. The number of carbonyl (C=O) groups excluding carboxylic acids is 2. The first-order valence-electron chi connectivity index (χ1n) is 9.75. The van der Waals surface area contributed by atoms with E-state index in [1.54, 1.807) is 16.9 Å². The van der Waals surface area contributed by atoms with E-state index < -0.39 is 0 Å². The van der Waals surface area contributed by atoms with Crippen LogP contribution in [-0.4, -0.2) is 63.3 Å². The molecule has 0 unspecified atom stereocenters. The molecule has 0 radical (unpaired) electrons. The molecule has 2 fully saturated rings. The van der Waals surface area contributed by atoms with Gasteiger partial charge in [0.05, 0.1) is 12.8 Å². The Balaban J connectivity index is 1.36. The van der Waals surface area contributed by atoms with Gasteiger partial charge in [-0.1, -0.05) is 18.2 Å². The van der Waals surface area contributed by atoms with Gasteiger partial charge >= 0.3 is 12.1 Å². The Morgan fingerprint density at radius 1 is 1.03 bits per heavy atom. The molecule has 2 aliphatic rings. The summed E-state index contributed by atoms with van der Waals surface area (Å²) >= 11 is 0. The van der Waals surface area contributed by atoms with E-state index in [0.717, 1.165) is 30.2 Å². The number of anilines is 3. The van der Waals surface area contributed by atoms with Gasteiger partial charge in [0.25, 0.3) is 0 Å². The molecule has 152 valence electrons. The lowest BCUT2D eigenvalue weighted by molar-refractivity contribution is 0.208. The molecular formula is C21H25N5O3. The molecule has 29 heavy (non-hydrogen) atoms. The highest BCUT2D eigenvalue weighted by Gasteiger charge is 2.24. The first-order valence-corrected chi connectivity index (χ1v) is 9.75. The van der Waals surface area contributed by atoms with Gasteiger partial charge in [0, 0.05) is 50.6 Å². The Kier molecular flexibility index (Phi) is 5.41. The molecule has 2 aromatic carbocycles. The highest BCUT2D eigenvalue weighted by atomic mass is 16.5. The predicted octanol–water partition coefficient (Wildman–Crippen LogP) is 2.58.